The molecular formula is C21H21N3O5. The lowest BCUT2D eigenvalue weighted by Crippen LogP contribution is -2.51. The number of ether oxygens (including phenoxy) is 2. The molecule has 3 heterocycles. The van der Waals surface area contributed by atoms with Crippen molar-refractivity contribution < 1.29 is 23.5 Å². The molecule has 4 rings (SSSR count). The molecule has 3 aromatic rings. The van der Waals surface area contributed by atoms with Gasteiger partial charge in [0.05, 0.1) is 13.3 Å². The lowest BCUT2D eigenvalue weighted by molar-refractivity contribution is 0.0605. The molecule has 29 heavy (non-hydrogen) atoms. The zero-order chi connectivity index (χ0) is 20.4. The van der Waals surface area contributed by atoms with Gasteiger partial charge in [-0.05, 0) is 25.1 Å². The minimum absolute atomic E-state index is 0.193. The largest absolute Gasteiger partial charge is 0.493 e. The Kier molecular flexibility index (Phi) is 5.07. The van der Waals surface area contributed by atoms with Crippen molar-refractivity contribution in [3.63, 3.8) is 0 Å². The van der Waals surface area contributed by atoms with E-state index in [2.05, 4.69) is 4.98 Å². The molecule has 1 saturated heterocycles. The highest BCUT2D eigenvalue weighted by molar-refractivity contribution is 6.00. The molecule has 0 spiro atoms. The van der Waals surface area contributed by atoms with E-state index in [1.54, 1.807) is 41.3 Å². The van der Waals surface area contributed by atoms with Crippen LogP contribution in [0, 0.1) is 6.92 Å². The van der Waals surface area contributed by atoms with Crippen LogP contribution in [0.1, 0.15) is 16.1 Å². The van der Waals surface area contributed by atoms with Crippen LogP contribution >= 0.6 is 0 Å². The van der Waals surface area contributed by atoms with Gasteiger partial charge in [-0.25, -0.2) is 4.79 Å². The Balaban J connectivity index is 1.43. The number of pyridine rings is 1. The van der Waals surface area contributed by atoms with E-state index >= 15 is 0 Å². The monoisotopic (exact) mass is 395 g/mol. The molecule has 8 heteroatoms. The number of carbonyl (C=O) groups is 2. The van der Waals surface area contributed by atoms with E-state index in [9.17, 15) is 9.59 Å². The summed E-state index contributed by atoms with van der Waals surface area (Å²) in [7, 11) is 1.57. The number of furan rings is 1. The van der Waals surface area contributed by atoms with Crippen LogP contribution in [0.3, 0.4) is 0 Å². The number of hydrogen-bond donors (Lipinski definition) is 0. The number of para-hydroxylation sites is 1. The SMILES string of the molecule is COc1cccc2c(C)c(C(=O)N3CCN(C(=O)Oc4cccnc4)CC3)oc12. The van der Waals surface area contributed by atoms with E-state index in [-0.39, 0.29) is 5.91 Å². The van der Waals surface area contributed by atoms with E-state index in [4.69, 9.17) is 13.9 Å². The summed E-state index contributed by atoms with van der Waals surface area (Å²) in [5.74, 6) is 1.09. The van der Waals surface area contributed by atoms with Crippen LogP contribution < -0.4 is 9.47 Å². The number of amides is 2. The molecule has 0 atom stereocenters. The Morgan fingerprint density at radius 3 is 2.52 bits per heavy atom. The lowest BCUT2D eigenvalue weighted by Gasteiger charge is -2.33. The third kappa shape index (κ3) is 3.61. The Morgan fingerprint density at radius 1 is 1.07 bits per heavy atom. The predicted molar refractivity (Wildman–Crippen MR) is 105 cm³/mol. The molecule has 0 radical (unpaired) electrons. The van der Waals surface area contributed by atoms with Gasteiger partial charge in [0.15, 0.2) is 22.8 Å². The first-order chi connectivity index (χ1) is 14.1. The van der Waals surface area contributed by atoms with Crippen molar-refractivity contribution in [1.29, 1.82) is 0 Å². The van der Waals surface area contributed by atoms with Gasteiger partial charge in [0.2, 0.25) is 0 Å². The van der Waals surface area contributed by atoms with Gasteiger partial charge >= 0.3 is 6.09 Å². The fourth-order valence-corrected chi connectivity index (χ4v) is 3.39. The van der Waals surface area contributed by atoms with Crippen molar-refractivity contribution in [2.24, 2.45) is 0 Å². The second-order valence-corrected chi connectivity index (χ2v) is 6.73. The number of carbonyl (C=O) groups excluding carboxylic acids is 2. The zero-order valence-corrected chi connectivity index (χ0v) is 16.3. The van der Waals surface area contributed by atoms with Gasteiger partial charge < -0.3 is 23.7 Å². The van der Waals surface area contributed by atoms with Crippen LogP contribution in [0.2, 0.25) is 0 Å². The average molecular weight is 395 g/mol. The second kappa shape index (κ2) is 7.83. The molecule has 1 fully saturated rings. The summed E-state index contributed by atoms with van der Waals surface area (Å²) >= 11 is 0. The highest BCUT2D eigenvalue weighted by Gasteiger charge is 2.29. The Hall–Kier alpha value is -3.55. The van der Waals surface area contributed by atoms with Crippen LogP contribution in [0.4, 0.5) is 4.79 Å². The van der Waals surface area contributed by atoms with Crippen LogP contribution in [0.5, 0.6) is 11.5 Å². The summed E-state index contributed by atoms with van der Waals surface area (Å²) in [5, 5.41) is 0.853. The normalized spacial score (nSPS) is 14.1. The smallest absolute Gasteiger partial charge is 0.415 e. The molecule has 150 valence electrons. The van der Waals surface area contributed by atoms with Gasteiger partial charge in [-0.2, -0.15) is 0 Å². The highest BCUT2D eigenvalue weighted by atomic mass is 16.6. The number of aryl methyl sites for hydroxylation is 1. The van der Waals surface area contributed by atoms with E-state index in [1.807, 2.05) is 19.1 Å². The van der Waals surface area contributed by atoms with Crippen molar-refractivity contribution in [2.75, 3.05) is 33.3 Å². The summed E-state index contributed by atoms with van der Waals surface area (Å²) in [6, 6.07) is 8.93. The van der Waals surface area contributed by atoms with Gasteiger partial charge in [-0.3, -0.25) is 9.78 Å². The summed E-state index contributed by atoms with van der Waals surface area (Å²) < 4.78 is 16.5. The summed E-state index contributed by atoms with van der Waals surface area (Å²) in [4.78, 5) is 32.5. The number of piperazine rings is 1. The first kappa shape index (κ1) is 18.8. The van der Waals surface area contributed by atoms with Crippen LogP contribution in [-0.2, 0) is 0 Å². The van der Waals surface area contributed by atoms with Gasteiger partial charge in [-0.1, -0.05) is 12.1 Å². The van der Waals surface area contributed by atoms with Crippen molar-refractivity contribution >= 4 is 23.0 Å². The fourth-order valence-electron chi connectivity index (χ4n) is 3.39. The minimum atomic E-state index is -0.449. The van der Waals surface area contributed by atoms with Crippen LogP contribution in [0.25, 0.3) is 11.0 Å². The zero-order valence-electron chi connectivity index (χ0n) is 16.3. The Morgan fingerprint density at radius 2 is 1.83 bits per heavy atom. The van der Waals surface area contributed by atoms with Crippen molar-refractivity contribution in [2.45, 2.75) is 6.92 Å². The molecule has 8 nitrogen and oxygen atoms in total. The number of aromatic nitrogens is 1. The molecule has 0 N–H and O–H groups in total. The first-order valence-electron chi connectivity index (χ1n) is 9.30. The topological polar surface area (TPSA) is 85.1 Å². The van der Waals surface area contributed by atoms with Gasteiger partial charge in [0.1, 0.15) is 0 Å². The second-order valence-electron chi connectivity index (χ2n) is 6.73. The van der Waals surface area contributed by atoms with Crippen molar-refractivity contribution in [3.05, 3.63) is 54.0 Å². The van der Waals surface area contributed by atoms with E-state index in [1.165, 1.54) is 6.20 Å². The maximum absolute atomic E-state index is 13.0. The minimum Gasteiger partial charge on any atom is -0.493 e. The van der Waals surface area contributed by atoms with Crippen LogP contribution in [0.15, 0.2) is 47.1 Å². The maximum atomic E-state index is 13.0. The van der Waals surface area contributed by atoms with Crippen molar-refractivity contribution in [1.82, 2.24) is 14.8 Å². The first-order valence-corrected chi connectivity index (χ1v) is 9.30. The molecule has 1 aromatic carbocycles. The highest BCUT2D eigenvalue weighted by Crippen LogP contribution is 2.32. The van der Waals surface area contributed by atoms with E-state index < -0.39 is 6.09 Å². The molecule has 0 saturated carbocycles. The average Bonchev–Trinajstić information content (AvgIpc) is 3.10. The van der Waals surface area contributed by atoms with Gasteiger partial charge in [0.25, 0.3) is 5.91 Å². The summed E-state index contributed by atoms with van der Waals surface area (Å²) in [5.41, 5.74) is 1.34. The summed E-state index contributed by atoms with van der Waals surface area (Å²) in [6.45, 7) is 3.42. The number of rotatable bonds is 3. The number of methoxy groups -OCH3 is 1. The number of fused-ring (bicyclic) bond motifs is 1. The standard InChI is InChI=1S/C21H21N3O5/c1-14-16-6-3-7-17(27-2)19(16)29-18(14)20(25)23-9-11-24(12-10-23)21(26)28-15-5-4-8-22-13-15/h3-8,13H,9-12H2,1-2H3. The van der Waals surface area contributed by atoms with E-state index in [0.29, 0.717) is 49.0 Å². The molecule has 0 unspecified atom stereocenters. The number of hydrogen-bond acceptors (Lipinski definition) is 6. The molecule has 2 aromatic heterocycles. The van der Waals surface area contributed by atoms with Gasteiger partial charge in [-0.15, -0.1) is 0 Å². The molecule has 2 amide bonds. The van der Waals surface area contributed by atoms with Crippen LogP contribution in [-0.4, -0.2) is 60.1 Å². The molecule has 0 bridgehead atoms. The van der Waals surface area contributed by atoms with Crippen molar-refractivity contribution in [3.8, 4) is 11.5 Å². The molecule has 0 aliphatic carbocycles. The molecule has 1 aliphatic rings. The predicted octanol–water partition coefficient (Wildman–Crippen LogP) is 3.10. The van der Waals surface area contributed by atoms with Gasteiger partial charge in [0, 0.05) is 43.3 Å². The lowest BCUT2D eigenvalue weighted by atomic mass is 10.1. The molecule has 1 aliphatic heterocycles. The summed E-state index contributed by atoms with van der Waals surface area (Å²) in [6.07, 6.45) is 2.64. The Labute approximate surface area is 167 Å². The molecular weight excluding hydrogens is 374 g/mol. The third-order valence-corrected chi connectivity index (χ3v) is 5.01. The van der Waals surface area contributed by atoms with E-state index in [0.717, 1.165) is 10.9 Å². The third-order valence-electron chi connectivity index (χ3n) is 5.01. The quantitative estimate of drug-likeness (QED) is 0.677. The number of benzene rings is 1. The fraction of sp³-hybridized carbons (Fsp3) is 0.286. The Bertz CT molecular complexity index is 1040. The maximum Gasteiger partial charge on any atom is 0.415 e. The number of nitrogens with zero attached hydrogens (tertiary/aromatic N) is 3.